The van der Waals surface area contributed by atoms with Gasteiger partial charge in [-0.25, -0.2) is 4.79 Å². The lowest BCUT2D eigenvalue weighted by atomic mass is 10.2. The van der Waals surface area contributed by atoms with Crippen molar-refractivity contribution in [1.82, 2.24) is 9.80 Å². The maximum Gasteiger partial charge on any atom is 0.322 e. The number of hydrogen-bond acceptors (Lipinski definition) is 3. The first kappa shape index (κ1) is 24.5. The molecular formula is C27H33N3O2S. The molecule has 0 aliphatic heterocycles. The van der Waals surface area contributed by atoms with Crippen LogP contribution in [0.15, 0.2) is 66.7 Å². The molecule has 1 N–H and O–H groups in total. The Labute approximate surface area is 201 Å². The van der Waals surface area contributed by atoms with E-state index in [4.69, 9.17) is 0 Å². The van der Waals surface area contributed by atoms with E-state index in [-0.39, 0.29) is 18.5 Å². The quantitative estimate of drug-likeness (QED) is 0.388. The van der Waals surface area contributed by atoms with E-state index in [1.165, 1.54) is 4.88 Å². The van der Waals surface area contributed by atoms with Crippen molar-refractivity contribution in [3.05, 3.63) is 87.6 Å². The molecule has 3 aromatic rings. The first-order valence-corrected chi connectivity index (χ1v) is 12.3. The van der Waals surface area contributed by atoms with Gasteiger partial charge in [0.25, 0.3) is 0 Å². The largest absolute Gasteiger partial charge is 0.332 e. The highest BCUT2D eigenvalue weighted by molar-refractivity contribution is 7.11. The molecule has 3 amide bonds. The van der Waals surface area contributed by atoms with Crippen LogP contribution in [0.1, 0.15) is 40.6 Å². The Balaban J connectivity index is 1.76. The average Bonchev–Trinajstić information content (AvgIpc) is 3.22. The Morgan fingerprint density at radius 2 is 1.61 bits per heavy atom. The van der Waals surface area contributed by atoms with Crippen LogP contribution in [-0.2, 0) is 17.9 Å². The third kappa shape index (κ3) is 7.46. The first-order chi connectivity index (χ1) is 16.0. The van der Waals surface area contributed by atoms with Crippen LogP contribution < -0.4 is 5.32 Å². The molecular weight excluding hydrogens is 430 g/mol. The van der Waals surface area contributed by atoms with Crippen LogP contribution in [0.2, 0.25) is 0 Å². The molecule has 2 aromatic carbocycles. The number of carbonyl (C=O) groups excluding carboxylic acids is 2. The lowest BCUT2D eigenvalue weighted by molar-refractivity contribution is -0.133. The lowest BCUT2D eigenvalue weighted by Crippen LogP contribution is -2.44. The van der Waals surface area contributed by atoms with Crippen molar-refractivity contribution in [3.8, 4) is 0 Å². The van der Waals surface area contributed by atoms with Gasteiger partial charge in [0.1, 0.15) is 6.54 Å². The summed E-state index contributed by atoms with van der Waals surface area (Å²) in [5.74, 6) is -0.0547. The number of nitrogens with one attached hydrogen (secondary N) is 1. The molecule has 1 heterocycles. The number of rotatable bonds is 10. The number of urea groups is 1. The standard InChI is InChI=1S/C27H33N3O2S/c1-4-5-17-29(27(32)28-25-14-10-9-11-21(25)2)20-26(31)30(18-23-12-7-6-8-13-23)19-24-16-15-22(3)33-24/h6-16H,4-5,17-20H2,1-3H3,(H,28,32). The average molecular weight is 464 g/mol. The highest BCUT2D eigenvalue weighted by Crippen LogP contribution is 2.19. The second-order valence-corrected chi connectivity index (χ2v) is 9.64. The molecule has 0 spiro atoms. The molecule has 0 aliphatic carbocycles. The Morgan fingerprint density at radius 1 is 0.879 bits per heavy atom. The number of benzene rings is 2. The second kappa shape index (κ2) is 12.2. The zero-order valence-electron chi connectivity index (χ0n) is 19.7. The van der Waals surface area contributed by atoms with Crippen LogP contribution in [0.4, 0.5) is 10.5 Å². The van der Waals surface area contributed by atoms with E-state index < -0.39 is 0 Å². The number of hydrogen-bond donors (Lipinski definition) is 1. The summed E-state index contributed by atoms with van der Waals surface area (Å²) in [4.78, 5) is 32.4. The molecule has 0 aliphatic rings. The number of aryl methyl sites for hydroxylation is 2. The van der Waals surface area contributed by atoms with E-state index in [1.807, 2.05) is 66.4 Å². The fraction of sp³-hybridized carbons (Fsp3) is 0.333. The van der Waals surface area contributed by atoms with Gasteiger partial charge in [0, 0.05) is 28.5 Å². The van der Waals surface area contributed by atoms with Crippen molar-refractivity contribution in [2.45, 2.75) is 46.7 Å². The van der Waals surface area contributed by atoms with E-state index >= 15 is 0 Å². The normalized spacial score (nSPS) is 10.6. The van der Waals surface area contributed by atoms with Crippen molar-refractivity contribution in [2.75, 3.05) is 18.4 Å². The van der Waals surface area contributed by atoms with Crippen molar-refractivity contribution in [2.24, 2.45) is 0 Å². The molecule has 0 atom stereocenters. The summed E-state index contributed by atoms with van der Waals surface area (Å²) in [5, 5.41) is 2.98. The molecule has 0 saturated heterocycles. The van der Waals surface area contributed by atoms with Gasteiger partial charge in [-0.3, -0.25) is 4.79 Å². The van der Waals surface area contributed by atoms with Crippen molar-refractivity contribution >= 4 is 29.0 Å². The summed E-state index contributed by atoms with van der Waals surface area (Å²) in [6, 6.07) is 21.6. The number of thiophene rings is 1. The van der Waals surface area contributed by atoms with Gasteiger partial charge in [-0.15, -0.1) is 11.3 Å². The molecule has 33 heavy (non-hydrogen) atoms. The van der Waals surface area contributed by atoms with E-state index in [0.717, 1.165) is 34.5 Å². The van der Waals surface area contributed by atoms with Crippen LogP contribution in [0.3, 0.4) is 0 Å². The minimum absolute atomic E-state index is 0.0505. The van der Waals surface area contributed by atoms with Crippen molar-refractivity contribution < 1.29 is 9.59 Å². The Morgan fingerprint density at radius 3 is 2.27 bits per heavy atom. The topological polar surface area (TPSA) is 52.7 Å². The summed E-state index contributed by atoms with van der Waals surface area (Å²) < 4.78 is 0. The molecule has 1 aromatic heterocycles. The van der Waals surface area contributed by atoms with Gasteiger partial charge < -0.3 is 15.1 Å². The number of anilines is 1. The zero-order chi connectivity index (χ0) is 23.6. The van der Waals surface area contributed by atoms with Gasteiger partial charge >= 0.3 is 6.03 Å². The van der Waals surface area contributed by atoms with Crippen LogP contribution in [0.5, 0.6) is 0 Å². The van der Waals surface area contributed by atoms with E-state index in [0.29, 0.717) is 19.6 Å². The smallest absolute Gasteiger partial charge is 0.322 e. The third-order valence-electron chi connectivity index (χ3n) is 5.49. The monoisotopic (exact) mass is 463 g/mol. The molecule has 0 fully saturated rings. The van der Waals surface area contributed by atoms with E-state index in [9.17, 15) is 9.59 Å². The highest BCUT2D eigenvalue weighted by Gasteiger charge is 2.22. The van der Waals surface area contributed by atoms with E-state index in [2.05, 4.69) is 31.3 Å². The molecule has 0 bridgehead atoms. The first-order valence-electron chi connectivity index (χ1n) is 11.4. The minimum Gasteiger partial charge on any atom is -0.332 e. The van der Waals surface area contributed by atoms with Gasteiger partial charge in [-0.1, -0.05) is 61.9 Å². The van der Waals surface area contributed by atoms with Gasteiger partial charge in [0.05, 0.1) is 6.54 Å². The molecule has 5 nitrogen and oxygen atoms in total. The number of para-hydroxylation sites is 1. The second-order valence-electron chi connectivity index (χ2n) is 8.27. The van der Waals surface area contributed by atoms with Gasteiger partial charge in [0.15, 0.2) is 0 Å². The lowest BCUT2D eigenvalue weighted by Gasteiger charge is -2.28. The van der Waals surface area contributed by atoms with Crippen LogP contribution >= 0.6 is 11.3 Å². The Bertz CT molecular complexity index is 1050. The number of amides is 3. The zero-order valence-corrected chi connectivity index (χ0v) is 20.5. The predicted molar refractivity (Wildman–Crippen MR) is 136 cm³/mol. The fourth-order valence-electron chi connectivity index (χ4n) is 3.57. The Kier molecular flexibility index (Phi) is 9.07. The Hall–Kier alpha value is -3.12. The van der Waals surface area contributed by atoms with Crippen molar-refractivity contribution in [1.29, 1.82) is 0 Å². The molecule has 174 valence electrons. The van der Waals surface area contributed by atoms with Gasteiger partial charge in [-0.05, 0) is 49.6 Å². The predicted octanol–water partition coefficient (Wildman–Crippen LogP) is 6.23. The minimum atomic E-state index is -0.238. The molecule has 6 heteroatoms. The molecule has 0 unspecified atom stereocenters. The maximum atomic E-state index is 13.5. The summed E-state index contributed by atoms with van der Waals surface area (Å²) in [5.41, 5.74) is 2.83. The molecule has 0 saturated carbocycles. The fourth-order valence-corrected chi connectivity index (χ4v) is 4.47. The number of nitrogens with zero attached hydrogens (tertiary/aromatic N) is 2. The number of unbranched alkanes of at least 4 members (excludes halogenated alkanes) is 1. The molecule has 0 radical (unpaired) electrons. The summed E-state index contributed by atoms with van der Waals surface area (Å²) in [6.07, 6.45) is 1.79. The summed E-state index contributed by atoms with van der Waals surface area (Å²) in [6.45, 7) is 7.75. The highest BCUT2D eigenvalue weighted by atomic mass is 32.1. The SMILES string of the molecule is CCCCN(CC(=O)N(Cc1ccccc1)Cc1ccc(C)s1)C(=O)Nc1ccccc1C. The number of carbonyl (C=O) groups is 2. The van der Waals surface area contributed by atoms with Crippen LogP contribution in [0, 0.1) is 13.8 Å². The molecule has 3 rings (SSSR count). The van der Waals surface area contributed by atoms with Crippen molar-refractivity contribution in [3.63, 3.8) is 0 Å². The maximum absolute atomic E-state index is 13.5. The summed E-state index contributed by atoms with van der Waals surface area (Å²) >= 11 is 1.70. The summed E-state index contributed by atoms with van der Waals surface area (Å²) in [7, 11) is 0. The van der Waals surface area contributed by atoms with Gasteiger partial charge in [-0.2, -0.15) is 0 Å². The van der Waals surface area contributed by atoms with E-state index in [1.54, 1.807) is 16.2 Å². The van der Waals surface area contributed by atoms with Crippen LogP contribution in [-0.4, -0.2) is 34.8 Å². The van der Waals surface area contributed by atoms with Gasteiger partial charge in [0.2, 0.25) is 5.91 Å². The van der Waals surface area contributed by atoms with Crippen LogP contribution in [0.25, 0.3) is 0 Å². The third-order valence-corrected chi connectivity index (χ3v) is 6.48.